The predicted molar refractivity (Wildman–Crippen MR) is 48.6 cm³/mol. The highest BCUT2D eigenvalue weighted by Gasteiger charge is 2.42. The Kier molecular flexibility index (Phi) is 2.10. The molecule has 0 unspecified atom stereocenters. The van der Waals surface area contributed by atoms with Crippen molar-refractivity contribution in [1.29, 1.82) is 0 Å². The first kappa shape index (κ1) is 9.65. The van der Waals surface area contributed by atoms with Crippen LogP contribution in [0.1, 0.15) is 5.56 Å². The summed E-state index contributed by atoms with van der Waals surface area (Å²) in [5.74, 6) is 0. The third kappa shape index (κ3) is 1.66. The third-order valence-corrected chi connectivity index (χ3v) is 2.46. The number of halogens is 4. The maximum Gasteiger partial charge on any atom is 0.408 e. The monoisotopic (exact) mass is 221 g/mol. The highest BCUT2D eigenvalue weighted by molar-refractivity contribution is 6.30. The van der Waals surface area contributed by atoms with Gasteiger partial charge in [-0.15, -0.1) is 0 Å². The molecule has 1 aromatic rings. The smallest absolute Gasteiger partial charge is 0.373 e. The molecule has 0 amide bonds. The van der Waals surface area contributed by atoms with Gasteiger partial charge in [0.05, 0.1) is 0 Å². The third-order valence-electron chi connectivity index (χ3n) is 2.22. The molecule has 0 aromatic heterocycles. The van der Waals surface area contributed by atoms with E-state index in [2.05, 4.69) is 5.32 Å². The van der Waals surface area contributed by atoms with Gasteiger partial charge in [0.25, 0.3) is 0 Å². The number of fused-ring (bicyclic) bond motifs is 1. The van der Waals surface area contributed by atoms with Crippen LogP contribution in [0.5, 0.6) is 0 Å². The lowest BCUT2D eigenvalue weighted by Crippen LogP contribution is -2.34. The molecule has 1 nitrogen and oxygen atoms in total. The van der Waals surface area contributed by atoms with Crippen molar-refractivity contribution in [3.63, 3.8) is 0 Å². The van der Waals surface area contributed by atoms with E-state index in [-0.39, 0.29) is 6.42 Å². The Bertz CT molecular complexity index is 362. The fourth-order valence-electron chi connectivity index (χ4n) is 1.52. The van der Waals surface area contributed by atoms with Gasteiger partial charge in [-0.2, -0.15) is 13.2 Å². The van der Waals surface area contributed by atoms with Gasteiger partial charge in [0.15, 0.2) is 0 Å². The quantitative estimate of drug-likeness (QED) is 0.709. The first-order valence-electron chi connectivity index (χ1n) is 4.08. The molecule has 1 aliphatic rings. The summed E-state index contributed by atoms with van der Waals surface area (Å²) in [5, 5.41) is 2.85. The van der Waals surface area contributed by atoms with Gasteiger partial charge in [0.1, 0.15) is 6.04 Å². The minimum absolute atomic E-state index is 0.0179. The highest BCUT2D eigenvalue weighted by Crippen LogP contribution is 2.35. The van der Waals surface area contributed by atoms with Crippen molar-refractivity contribution in [1.82, 2.24) is 0 Å². The number of rotatable bonds is 0. The molecule has 5 heteroatoms. The maximum atomic E-state index is 12.3. The van der Waals surface area contributed by atoms with Crippen LogP contribution < -0.4 is 5.32 Å². The molecule has 0 bridgehead atoms. The lowest BCUT2D eigenvalue weighted by molar-refractivity contribution is -0.140. The Labute approximate surface area is 83.9 Å². The van der Waals surface area contributed by atoms with Crippen molar-refractivity contribution in [3.8, 4) is 0 Å². The average molecular weight is 222 g/mol. The van der Waals surface area contributed by atoms with Gasteiger partial charge < -0.3 is 5.32 Å². The first-order chi connectivity index (χ1) is 6.47. The first-order valence-corrected chi connectivity index (χ1v) is 4.46. The zero-order chi connectivity index (χ0) is 10.3. The topological polar surface area (TPSA) is 12.0 Å². The van der Waals surface area contributed by atoms with E-state index in [0.717, 1.165) is 0 Å². The van der Waals surface area contributed by atoms with E-state index < -0.39 is 12.2 Å². The minimum atomic E-state index is -4.20. The Morgan fingerprint density at radius 1 is 1.36 bits per heavy atom. The molecule has 0 radical (unpaired) electrons. The largest absolute Gasteiger partial charge is 0.408 e. The van der Waals surface area contributed by atoms with Crippen LogP contribution in [0.3, 0.4) is 0 Å². The summed E-state index contributed by atoms with van der Waals surface area (Å²) < 4.78 is 37.0. The zero-order valence-electron chi connectivity index (χ0n) is 7.03. The van der Waals surface area contributed by atoms with E-state index in [1.54, 1.807) is 12.1 Å². The van der Waals surface area contributed by atoms with Crippen LogP contribution in [0.15, 0.2) is 18.2 Å². The summed E-state index contributed by atoms with van der Waals surface area (Å²) in [4.78, 5) is 0. The predicted octanol–water partition coefficient (Wildman–Crippen LogP) is 3.24. The summed E-state index contributed by atoms with van der Waals surface area (Å²) in [6, 6.07) is 3.26. The zero-order valence-corrected chi connectivity index (χ0v) is 7.78. The Balaban J connectivity index is 2.26. The molecule has 2 rings (SSSR count). The van der Waals surface area contributed by atoms with Crippen molar-refractivity contribution in [2.45, 2.75) is 18.6 Å². The summed E-state index contributed by atoms with van der Waals surface area (Å²) in [5.41, 5.74) is 1.15. The highest BCUT2D eigenvalue weighted by atomic mass is 35.5. The number of hydrogen-bond acceptors (Lipinski definition) is 1. The van der Waals surface area contributed by atoms with Crippen LogP contribution in [0, 0.1) is 0 Å². The molecule has 0 spiro atoms. The molecule has 76 valence electrons. The van der Waals surface area contributed by atoms with E-state index >= 15 is 0 Å². The second kappa shape index (κ2) is 3.05. The number of hydrogen-bond donors (Lipinski definition) is 1. The minimum Gasteiger partial charge on any atom is -0.373 e. The van der Waals surface area contributed by atoms with Gasteiger partial charge in [-0.05, 0) is 17.7 Å². The van der Waals surface area contributed by atoms with Crippen LogP contribution in [0.2, 0.25) is 5.02 Å². The van der Waals surface area contributed by atoms with Gasteiger partial charge >= 0.3 is 6.18 Å². The maximum absolute atomic E-state index is 12.3. The number of benzene rings is 1. The van der Waals surface area contributed by atoms with Crippen molar-refractivity contribution in [2.75, 3.05) is 5.32 Å². The lowest BCUT2D eigenvalue weighted by Gasteiger charge is -2.14. The van der Waals surface area contributed by atoms with E-state index in [1.165, 1.54) is 6.07 Å². The Hall–Kier alpha value is -0.900. The van der Waals surface area contributed by atoms with Gasteiger partial charge in [-0.25, -0.2) is 0 Å². The average Bonchev–Trinajstić information content (AvgIpc) is 2.45. The molecular formula is C9H7ClF3N. The van der Waals surface area contributed by atoms with Crippen molar-refractivity contribution >= 4 is 17.3 Å². The lowest BCUT2D eigenvalue weighted by atomic mass is 10.1. The fraction of sp³-hybridized carbons (Fsp3) is 0.333. The molecule has 0 saturated carbocycles. The van der Waals surface area contributed by atoms with Gasteiger partial charge in [-0.1, -0.05) is 17.7 Å². The summed E-state index contributed by atoms with van der Waals surface area (Å²) >= 11 is 5.66. The van der Waals surface area contributed by atoms with Gasteiger partial charge in [0.2, 0.25) is 0 Å². The van der Waals surface area contributed by atoms with Crippen LogP contribution in [0.4, 0.5) is 18.9 Å². The Morgan fingerprint density at radius 2 is 2.07 bits per heavy atom. The molecule has 14 heavy (non-hydrogen) atoms. The number of anilines is 1. The molecule has 1 aromatic carbocycles. The van der Waals surface area contributed by atoms with Crippen LogP contribution >= 0.6 is 11.6 Å². The van der Waals surface area contributed by atoms with Crippen molar-refractivity contribution in [3.05, 3.63) is 28.8 Å². The fourth-order valence-corrected chi connectivity index (χ4v) is 1.69. The molecular weight excluding hydrogens is 215 g/mol. The molecule has 1 heterocycles. The number of alkyl halides is 3. The summed E-state index contributed by atoms with van der Waals surface area (Å²) in [6.07, 6.45) is -4.22. The molecule has 1 atom stereocenters. The van der Waals surface area contributed by atoms with Crippen LogP contribution in [-0.4, -0.2) is 12.2 Å². The summed E-state index contributed by atoms with van der Waals surface area (Å²) in [6.45, 7) is 0. The summed E-state index contributed by atoms with van der Waals surface area (Å²) in [7, 11) is 0. The molecule has 1 N–H and O–H groups in total. The molecule has 1 aliphatic heterocycles. The normalized spacial score (nSPS) is 20.4. The SMILES string of the molecule is FC(F)(F)[C@H]1Cc2ccc(Cl)cc2N1. The molecule has 0 aliphatic carbocycles. The number of nitrogens with one attached hydrogen (secondary N) is 1. The standard InChI is InChI=1S/C9H7ClF3N/c10-6-2-1-5-3-8(9(11,12)13)14-7(5)4-6/h1-2,4,8,14H,3H2/t8-/m1/s1. The molecule has 0 fully saturated rings. The van der Waals surface area contributed by atoms with E-state index in [0.29, 0.717) is 16.3 Å². The van der Waals surface area contributed by atoms with E-state index in [1.807, 2.05) is 0 Å². The van der Waals surface area contributed by atoms with Gasteiger partial charge in [-0.3, -0.25) is 0 Å². The van der Waals surface area contributed by atoms with Crippen molar-refractivity contribution < 1.29 is 13.2 Å². The van der Waals surface area contributed by atoms with Crippen LogP contribution in [0.25, 0.3) is 0 Å². The molecule has 0 saturated heterocycles. The Morgan fingerprint density at radius 3 is 2.71 bits per heavy atom. The second-order valence-electron chi connectivity index (χ2n) is 3.24. The van der Waals surface area contributed by atoms with Crippen molar-refractivity contribution in [2.24, 2.45) is 0 Å². The second-order valence-corrected chi connectivity index (χ2v) is 3.68. The van der Waals surface area contributed by atoms with Gasteiger partial charge in [0, 0.05) is 17.1 Å². The van der Waals surface area contributed by atoms with E-state index in [9.17, 15) is 13.2 Å². The van der Waals surface area contributed by atoms with E-state index in [4.69, 9.17) is 11.6 Å². The van der Waals surface area contributed by atoms with Crippen LogP contribution in [-0.2, 0) is 6.42 Å².